The van der Waals surface area contributed by atoms with Gasteiger partial charge in [0.15, 0.2) is 11.4 Å². The lowest BCUT2D eigenvalue weighted by atomic mass is 9.83. The first-order valence-electron chi connectivity index (χ1n) is 29.1. The van der Waals surface area contributed by atoms with E-state index in [1.807, 2.05) is 71.0 Å². The van der Waals surface area contributed by atoms with Crippen molar-refractivity contribution in [1.29, 1.82) is 0 Å². The Kier molecular flexibility index (Phi) is 21.7. The molecule has 0 unspecified atom stereocenters. The van der Waals surface area contributed by atoms with Crippen LogP contribution < -0.4 is 26.2 Å². The summed E-state index contributed by atoms with van der Waals surface area (Å²) in [6, 6.07) is 5.53. The molecule has 0 saturated carbocycles. The van der Waals surface area contributed by atoms with Crippen molar-refractivity contribution in [2.75, 3.05) is 38.1 Å². The largest absolute Gasteiger partial charge is 0.458 e. The summed E-state index contributed by atoms with van der Waals surface area (Å²) in [5, 5.41) is 32.4. The Morgan fingerprint density at radius 1 is 0.716 bits per heavy atom. The topological polar surface area (TPSA) is 329 Å². The summed E-state index contributed by atoms with van der Waals surface area (Å²) in [6.07, 6.45) is 2.86. The number of anilines is 2. The zero-order chi connectivity index (χ0) is 65.1. The summed E-state index contributed by atoms with van der Waals surface area (Å²) in [4.78, 5) is 83.9. The number of nitrogens with two attached hydrogens (primary N) is 1. The van der Waals surface area contributed by atoms with Crippen LogP contribution in [0.3, 0.4) is 0 Å². The summed E-state index contributed by atoms with van der Waals surface area (Å²) >= 11 is 13.4. The lowest BCUT2D eigenvalue weighted by molar-refractivity contribution is -0.156. The average molecular weight is 1270 g/mol. The van der Waals surface area contributed by atoms with Crippen molar-refractivity contribution in [3.63, 3.8) is 0 Å². The van der Waals surface area contributed by atoms with E-state index in [0.29, 0.717) is 34.3 Å². The Labute approximate surface area is 522 Å². The minimum absolute atomic E-state index is 0.00302. The second kappa shape index (κ2) is 27.7. The number of amides is 4. The first-order chi connectivity index (χ1) is 41.2. The van der Waals surface area contributed by atoms with Gasteiger partial charge in [-0.1, -0.05) is 102 Å². The van der Waals surface area contributed by atoms with Gasteiger partial charge in [-0.3, -0.25) is 29.8 Å². The summed E-state index contributed by atoms with van der Waals surface area (Å²) in [5.74, 6) is -3.21. The molecule has 6 aliphatic heterocycles. The highest BCUT2D eigenvalue weighted by atomic mass is 35.5. The number of aliphatic hydroxyl groups is 2. The van der Waals surface area contributed by atoms with Crippen molar-refractivity contribution in [3.05, 3.63) is 115 Å². The van der Waals surface area contributed by atoms with Crippen molar-refractivity contribution in [2.45, 2.75) is 191 Å². The molecule has 2 aromatic rings. The van der Waals surface area contributed by atoms with E-state index in [1.165, 1.54) is 37.9 Å². The number of hydrogen-bond acceptors (Lipinski definition) is 18. The van der Waals surface area contributed by atoms with Crippen LogP contribution in [0.4, 0.5) is 21.0 Å². The lowest BCUT2D eigenvalue weighted by Crippen LogP contribution is -2.63. The maximum Gasteiger partial charge on any atom is 0.409 e. The van der Waals surface area contributed by atoms with Gasteiger partial charge in [-0.15, -0.1) is 0 Å². The highest BCUT2D eigenvalue weighted by molar-refractivity contribution is 6.35. The van der Waals surface area contributed by atoms with Crippen LogP contribution in [0.2, 0.25) is 10.0 Å². The van der Waals surface area contributed by atoms with E-state index in [-0.39, 0.29) is 31.6 Å². The zero-order valence-electron chi connectivity index (χ0n) is 52.1. The van der Waals surface area contributed by atoms with E-state index in [2.05, 4.69) is 20.7 Å². The van der Waals surface area contributed by atoms with Crippen LogP contribution in [-0.2, 0) is 69.9 Å². The lowest BCUT2D eigenvalue weighted by Gasteiger charge is -2.42. The maximum absolute atomic E-state index is 13.8. The van der Waals surface area contributed by atoms with Crippen molar-refractivity contribution in [2.24, 2.45) is 22.7 Å². The average Bonchev–Trinajstić information content (AvgIpc) is 1.65. The fourth-order valence-electron chi connectivity index (χ4n) is 11.9. The van der Waals surface area contributed by atoms with Crippen LogP contribution in [0.25, 0.3) is 10.4 Å². The predicted octanol–water partition coefficient (Wildman–Crippen LogP) is 7.98. The van der Waals surface area contributed by atoms with E-state index < -0.39 is 125 Å². The molecule has 4 saturated heterocycles. The number of alkyl carbamates (subject to hydrolysis) is 2. The number of allylic oxidation sites excluding steroid dienone is 6. The van der Waals surface area contributed by atoms with Crippen molar-refractivity contribution in [3.8, 4) is 0 Å². The molecule has 2 aromatic carbocycles. The number of halogens is 2. The van der Waals surface area contributed by atoms with E-state index in [0.717, 1.165) is 33.4 Å². The molecule has 16 atom stereocenters. The molecule has 26 heteroatoms. The quantitative estimate of drug-likeness (QED) is 0.0438. The van der Waals surface area contributed by atoms with Gasteiger partial charge in [-0.25, -0.2) is 9.59 Å². The van der Waals surface area contributed by atoms with E-state index in [4.69, 9.17) is 72.4 Å². The molecule has 0 aliphatic carbocycles. The fourth-order valence-corrected chi connectivity index (χ4v) is 12.4. The molecule has 6 aliphatic rings. The van der Waals surface area contributed by atoms with E-state index in [1.54, 1.807) is 59.2 Å². The van der Waals surface area contributed by atoms with Gasteiger partial charge in [0.2, 0.25) is 11.8 Å². The molecule has 4 fully saturated rings. The predicted molar refractivity (Wildman–Crippen MR) is 326 cm³/mol. The molecule has 0 aromatic heterocycles. The number of methoxy groups -OCH3 is 2. The van der Waals surface area contributed by atoms with Crippen LogP contribution >= 0.6 is 23.2 Å². The van der Waals surface area contributed by atoms with Gasteiger partial charge in [-0.05, 0) is 108 Å². The van der Waals surface area contributed by atoms with Gasteiger partial charge >= 0.3 is 24.1 Å². The Morgan fingerprint density at radius 3 is 1.47 bits per heavy atom. The number of carbonyl (C=O) groups excluding carboxylic acids is 6. The Morgan fingerprint density at radius 2 is 1.10 bits per heavy atom. The molecular weight excluding hydrogens is 1180 g/mol. The smallest absolute Gasteiger partial charge is 0.409 e. The minimum atomic E-state index is -1.80. The number of esters is 2. The first kappa shape index (κ1) is 68.9. The van der Waals surface area contributed by atoms with Crippen molar-refractivity contribution >= 4 is 70.5 Å². The number of epoxide rings is 2. The maximum atomic E-state index is 13.8. The Hall–Kier alpha value is -6.57. The van der Waals surface area contributed by atoms with Gasteiger partial charge in [0.05, 0.1) is 46.5 Å². The minimum Gasteiger partial charge on any atom is -0.458 e. The number of carbonyl (C=O) groups is 6. The highest BCUT2D eigenvalue weighted by Crippen LogP contribution is 2.51. The molecule has 88 heavy (non-hydrogen) atoms. The monoisotopic (exact) mass is 1260 g/mol. The molecule has 480 valence electrons. The molecule has 8 rings (SSSR count). The van der Waals surface area contributed by atoms with Gasteiger partial charge < -0.3 is 63.6 Å². The van der Waals surface area contributed by atoms with E-state index >= 15 is 0 Å². The van der Waals surface area contributed by atoms with Crippen molar-refractivity contribution < 1.29 is 76.9 Å². The number of ether oxygens (including phenoxy) is 8. The Bertz CT molecular complexity index is 3210. The summed E-state index contributed by atoms with van der Waals surface area (Å²) in [6.45, 7) is 17.6. The number of nitrogens with one attached hydrogen (secondary N) is 2. The molecule has 0 radical (unpaired) electrons. The Balaban J connectivity index is 0.000000251. The van der Waals surface area contributed by atoms with Gasteiger partial charge in [0.25, 0.3) is 0 Å². The summed E-state index contributed by atoms with van der Waals surface area (Å²) in [7, 11) is 6.10. The molecule has 6 N–H and O–H groups in total. The van der Waals surface area contributed by atoms with Gasteiger partial charge in [0, 0.05) is 57.9 Å². The molecule has 6 heterocycles. The number of azide groups is 1. The van der Waals surface area contributed by atoms with Crippen LogP contribution in [0.15, 0.2) is 77.0 Å². The number of benzene rings is 2. The van der Waals surface area contributed by atoms with Crippen LogP contribution in [0.1, 0.15) is 103 Å². The molecule has 24 nitrogen and oxygen atoms in total. The molecule has 4 amide bonds. The second-order valence-corrected chi connectivity index (χ2v) is 25.1. The third-order valence-electron chi connectivity index (χ3n) is 17.3. The standard InChI is InChI=1S/C31H40ClN5O8.C31H42ClN3O8/c1-16-9-8-10-23(42-7)31(41)15-22(43-29(40)34-31)18(3)27-30(5,45-27)24(44-28(39)19(4)35-36-33)14-25(38)37(6)21-13-20(11-16)12-17(2)26(21)32;1-16-9-8-10-23(40-7)31(39)15-22(41-29(38)34-31)18(3)27-30(5,43-27)24(42-28(37)19(4)33)14-25(36)35(6)21-13-20(11-16)12-17(2)26(21)32/h8-10,12-13,18-19,22-24,27,41H,11,14-15H2,1-7H3,(H,34,40);8-10,12-13,18-19,22-24,27,39H,11,14-15,33H2,1-7H3,(H,34,38)/b2*10-8+,16-9+/t2*18-,19-,22-,23+,24-,27+,30-,31-/m00/s1. The zero-order valence-corrected chi connectivity index (χ0v) is 53.6. The molecule has 0 spiro atoms. The SMILES string of the molecule is CO[C@@H]1/C=C/C=C(\C)Cc2cc(C)c(Cl)c(c2)N(C)C(=O)C[C@H](OC(=O)[C@H](C)N)[C@]2(C)O[C@@H]2[C@@H](C)[C@@H]2C[C@@]1(O)NC(=O)O2.CO[C@@H]1/C=C/C=C(\C)Cc2cc(C)c(Cl)c(c2)N(C)C(=O)C[C@H](OC(=O)[C@H](C)N=[N+]=[N-])[C@]2(C)O[C@@H]2[C@@H](C)[C@@H]2C[C@@]1(O)NC(=O)O2. The second-order valence-electron chi connectivity index (χ2n) is 24.3. The van der Waals surface area contributed by atoms with Gasteiger partial charge in [-0.2, -0.15) is 0 Å². The normalized spacial score (nSPS) is 35.2. The van der Waals surface area contributed by atoms with Gasteiger partial charge in [0.1, 0.15) is 59.9 Å². The number of nitrogens with zero attached hydrogens (tertiary/aromatic N) is 5. The highest BCUT2D eigenvalue weighted by Gasteiger charge is 2.66. The third-order valence-corrected chi connectivity index (χ3v) is 18.3. The number of hydrogen-bond donors (Lipinski definition) is 5. The first-order valence-corrected chi connectivity index (χ1v) is 29.8. The molecule has 8 bridgehead atoms. The van der Waals surface area contributed by atoms with Crippen molar-refractivity contribution in [1.82, 2.24) is 10.6 Å². The number of aryl methyl sites for hydroxylation is 2. The molecular formula is C62H82Cl2N8O16. The van der Waals surface area contributed by atoms with Crippen LogP contribution in [0, 0.1) is 25.7 Å². The summed E-state index contributed by atoms with van der Waals surface area (Å²) in [5.41, 5.74) is 15.2. The number of fused-ring (bicyclic) bond motifs is 10. The fraction of sp³-hybridized carbons (Fsp3) is 0.581. The van der Waals surface area contributed by atoms with Crippen LogP contribution in [0.5, 0.6) is 0 Å². The van der Waals surface area contributed by atoms with E-state index in [9.17, 15) is 39.0 Å². The number of rotatable bonds is 7. The van der Waals surface area contributed by atoms with Crippen LogP contribution in [-0.4, -0.2) is 158 Å². The third kappa shape index (κ3) is 15.3. The summed E-state index contributed by atoms with van der Waals surface area (Å²) < 4.78 is 46.1.